The van der Waals surface area contributed by atoms with Crippen LogP contribution in [-0.2, 0) is 0 Å². The summed E-state index contributed by atoms with van der Waals surface area (Å²) in [6, 6.07) is 8.30. The number of para-hydroxylation sites is 2. The van der Waals surface area contributed by atoms with Crippen molar-refractivity contribution in [2.45, 2.75) is 6.42 Å². The molecule has 0 aliphatic carbocycles. The molecule has 1 aromatic carbocycles. The number of hydrogen-bond acceptors (Lipinski definition) is 2. The van der Waals surface area contributed by atoms with Gasteiger partial charge in [0.25, 0.3) is 0 Å². The summed E-state index contributed by atoms with van der Waals surface area (Å²) in [6.45, 7) is 4.64. The van der Waals surface area contributed by atoms with Crippen LogP contribution in [0, 0.1) is 0 Å². The van der Waals surface area contributed by atoms with Crippen LogP contribution in [0.3, 0.4) is 0 Å². The van der Waals surface area contributed by atoms with Gasteiger partial charge in [-0.2, -0.15) is 0 Å². The Hall–Kier alpha value is -1.44. The summed E-state index contributed by atoms with van der Waals surface area (Å²) >= 11 is 0. The maximum absolute atomic E-state index is 3.70. The Kier molecular flexibility index (Phi) is 4.05. The minimum atomic E-state index is 0.939. The van der Waals surface area contributed by atoms with E-state index in [0.29, 0.717) is 0 Å². The largest absolute Gasteiger partial charge is 0.383 e. The number of anilines is 2. The third kappa shape index (κ3) is 2.80. The molecule has 76 valence electrons. The van der Waals surface area contributed by atoms with Gasteiger partial charge in [0.2, 0.25) is 0 Å². The van der Waals surface area contributed by atoms with E-state index in [-0.39, 0.29) is 0 Å². The molecule has 0 spiro atoms. The maximum Gasteiger partial charge on any atom is 0.0596 e. The van der Waals surface area contributed by atoms with Gasteiger partial charge in [-0.1, -0.05) is 18.2 Å². The van der Waals surface area contributed by atoms with Gasteiger partial charge < -0.3 is 10.2 Å². The Balaban J connectivity index is 2.69. The molecule has 0 aromatic heterocycles. The summed E-state index contributed by atoms with van der Waals surface area (Å²) in [5, 5.41) is 3.38. The molecule has 0 saturated heterocycles. The zero-order valence-electron chi connectivity index (χ0n) is 8.96. The predicted molar refractivity (Wildman–Crippen MR) is 64.1 cm³/mol. The molecular weight excluding hydrogens is 172 g/mol. The summed E-state index contributed by atoms with van der Waals surface area (Å²) in [4.78, 5) is 2.11. The van der Waals surface area contributed by atoms with Crippen LogP contribution in [0.15, 0.2) is 36.9 Å². The number of nitrogens with zero attached hydrogens (tertiary/aromatic N) is 1. The fourth-order valence-corrected chi connectivity index (χ4v) is 1.32. The lowest BCUT2D eigenvalue weighted by atomic mass is 10.2. The predicted octanol–water partition coefficient (Wildman–Crippen LogP) is 2.74. The number of benzene rings is 1. The molecule has 1 aromatic rings. The summed E-state index contributed by atoms with van der Waals surface area (Å²) in [7, 11) is 4.10. The van der Waals surface area contributed by atoms with Gasteiger partial charge in [-0.25, -0.2) is 0 Å². The van der Waals surface area contributed by atoms with Gasteiger partial charge in [0.15, 0.2) is 0 Å². The first-order valence-electron chi connectivity index (χ1n) is 4.87. The van der Waals surface area contributed by atoms with E-state index in [1.807, 2.05) is 32.3 Å². The average molecular weight is 190 g/mol. The molecule has 1 rings (SSSR count). The molecule has 0 aliphatic rings. The molecule has 0 heterocycles. The highest BCUT2D eigenvalue weighted by Gasteiger charge is 2.01. The summed E-state index contributed by atoms with van der Waals surface area (Å²) in [6.07, 6.45) is 2.91. The highest BCUT2D eigenvalue weighted by Crippen LogP contribution is 2.22. The van der Waals surface area contributed by atoms with Crippen LogP contribution < -0.4 is 10.2 Å². The minimum absolute atomic E-state index is 0.939. The van der Waals surface area contributed by atoms with Crippen molar-refractivity contribution >= 4 is 11.4 Å². The summed E-state index contributed by atoms with van der Waals surface area (Å²) < 4.78 is 0. The second-order valence-corrected chi connectivity index (χ2v) is 3.42. The van der Waals surface area contributed by atoms with Crippen molar-refractivity contribution in [2.75, 3.05) is 30.9 Å². The smallest absolute Gasteiger partial charge is 0.0596 e. The first-order chi connectivity index (χ1) is 6.75. The lowest BCUT2D eigenvalue weighted by molar-refractivity contribution is 1.06. The van der Waals surface area contributed by atoms with E-state index < -0.39 is 0 Å². The van der Waals surface area contributed by atoms with Crippen LogP contribution in [0.25, 0.3) is 0 Å². The maximum atomic E-state index is 3.70. The van der Waals surface area contributed by atoms with Crippen molar-refractivity contribution in [2.24, 2.45) is 0 Å². The molecule has 0 unspecified atom stereocenters. The topological polar surface area (TPSA) is 15.3 Å². The van der Waals surface area contributed by atoms with Gasteiger partial charge in [-0.05, 0) is 18.6 Å². The van der Waals surface area contributed by atoms with E-state index in [9.17, 15) is 0 Å². The van der Waals surface area contributed by atoms with Gasteiger partial charge in [0.1, 0.15) is 0 Å². The molecule has 0 fully saturated rings. The van der Waals surface area contributed by atoms with Gasteiger partial charge in [-0.15, -0.1) is 6.58 Å². The highest BCUT2D eigenvalue weighted by molar-refractivity contribution is 5.69. The van der Waals surface area contributed by atoms with Crippen molar-refractivity contribution in [1.29, 1.82) is 0 Å². The van der Waals surface area contributed by atoms with Gasteiger partial charge >= 0.3 is 0 Å². The fraction of sp³-hybridized carbons (Fsp3) is 0.333. The zero-order valence-corrected chi connectivity index (χ0v) is 8.96. The lowest BCUT2D eigenvalue weighted by Gasteiger charge is -2.17. The molecule has 0 radical (unpaired) electrons. The minimum Gasteiger partial charge on any atom is -0.383 e. The standard InChI is InChI=1S/C12H18N2/c1-4-5-10-13-11-8-6-7-9-12(11)14(2)3/h4,6-9,13H,1,5,10H2,2-3H3. The van der Waals surface area contributed by atoms with Gasteiger partial charge in [-0.3, -0.25) is 0 Å². The average Bonchev–Trinajstić information content (AvgIpc) is 2.19. The molecule has 0 saturated carbocycles. The summed E-state index contributed by atoms with van der Waals surface area (Å²) in [5.74, 6) is 0. The van der Waals surface area contributed by atoms with Crippen molar-refractivity contribution in [1.82, 2.24) is 0 Å². The molecule has 0 aliphatic heterocycles. The third-order valence-electron chi connectivity index (χ3n) is 2.05. The SMILES string of the molecule is C=CCCNc1ccccc1N(C)C. The Morgan fingerprint density at radius 2 is 2.07 bits per heavy atom. The summed E-state index contributed by atoms with van der Waals surface area (Å²) in [5.41, 5.74) is 2.40. The number of hydrogen-bond donors (Lipinski definition) is 1. The van der Waals surface area contributed by atoms with Crippen LogP contribution >= 0.6 is 0 Å². The molecule has 1 N–H and O–H groups in total. The van der Waals surface area contributed by atoms with Gasteiger partial charge in [0, 0.05) is 20.6 Å². The van der Waals surface area contributed by atoms with Crippen LogP contribution in [0.4, 0.5) is 11.4 Å². The first kappa shape index (κ1) is 10.6. The lowest BCUT2D eigenvalue weighted by Crippen LogP contribution is -2.12. The molecule has 0 amide bonds. The van der Waals surface area contributed by atoms with E-state index in [1.165, 1.54) is 11.4 Å². The van der Waals surface area contributed by atoms with Crippen LogP contribution in [0.1, 0.15) is 6.42 Å². The molecular formula is C12H18N2. The van der Waals surface area contributed by atoms with E-state index in [4.69, 9.17) is 0 Å². The van der Waals surface area contributed by atoms with Crippen molar-refractivity contribution in [3.63, 3.8) is 0 Å². The van der Waals surface area contributed by atoms with Crippen molar-refractivity contribution in [3.8, 4) is 0 Å². The van der Waals surface area contributed by atoms with Crippen LogP contribution in [0.2, 0.25) is 0 Å². The monoisotopic (exact) mass is 190 g/mol. The van der Waals surface area contributed by atoms with E-state index in [1.54, 1.807) is 0 Å². The van der Waals surface area contributed by atoms with Crippen LogP contribution in [0.5, 0.6) is 0 Å². The Morgan fingerprint density at radius 3 is 2.71 bits per heavy atom. The molecule has 0 atom stereocenters. The molecule has 0 bridgehead atoms. The molecule has 2 heteroatoms. The van der Waals surface area contributed by atoms with E-state index in [2.05, 4.69) is 28.9 Å². The Labute approximate surface area is 86.2 Å². The van der Waals surface area contributed by atoms with Crippen molar-refractivity contribution < 1.29 is 0 Å². The van der Waals surface area contributed by atoms with Gasteiger partial charge in [0.05, 0.1) is 11.4 Å². The Morgan fingerprint density at radius 1 is 1.36 bits per heavy atom. The second kappa shape index (κ2) is 5.32. The molecule has 14 heavy (non-hydrogen) atoms. The van der Waals surface area contributed by atoms with E-state index >= 15 is 0 Å². The fourth-order valence-electron chi connectivity index (χ4n) is 1.32. The normalized spacial score (nSPS) is 9.57. The second-order valence-electron chi connectivity index (χ2n) is 3.42. The number of nitrogens with one attached hydrogen (secondary N) is 1. The third-order valence-corrected chi connectivity index (χ3v) is 2.05. The number of rotatable bonds is 5. The van der Waals surface area contributed by atoms with Crippen LogP contribution in [-0.4, -0.2) is 20.6 Å². The van der Waals surface area contributed by atoms with E-state index in [0.717, 1.165) is 13.0 Å². The quantitative estimate of drug-likeness (QED) is 0.567. The highest BCUT2D eigenvalue weighted by atomic mass is 15.1. The first-order valence-corrected chi connectivity index (χ1v) is 4.87. The Bertz CT molecular complexity index is 292. The van der Waals surface area contributed by atoms with Crippen molar-refractivity contribution in [3.05, 3.63) is 36.9 Å². The molecule has 2 nitrogen and oxygen atoms in total. The zero-order chi connectivity index (χ0) is 10.4.